The molecule has 0 bridgehead atoms. The second kappa shape index (κ2) is 6.13. The zero-order chi connectivity index (χ0) is 17.4. The fourth-order valence-corrected chi connectivity index (χ4v) is 3.03. The van der Waals surface area contributed by atoms with Gasteiger partial charge in [-0.1, -0.05) is 12.8 Å². The van der Waals surface area contributed by atoms with E-state index in [2.05, 4.69) is 8.37 Å². The van der Waals surface area contributed by atoms with Crippen molar-refractivity contribution >= 4 is 20.2 Å². The van der Waals surface area contributed by atoms with Gasteiger partial charge in [0, 0.05) is 0 Å². The predicted molar refractivity (Wildman–Crippen MR) is 58.2 cm³/mol. The van der Waals surface area contributed by atoms with Crippen molar-refractivity contribution in [2.75, 3.05) is 0 Å². The molecule has 2 atom stereocenters. The summed E-state index contributed by atoms with van der Waals surface area (Å²) in [6.45, 7) is 0. The smallest absolute Gasteiger partial charge is 0.257 e. The summed E-state index contributed by atoms with van der Waals surface area (Å²) in [7, 11) is -12.2. The van der Waals surface area contributed by atoms with E-state index in [0.717, 1.165) is 0 Å². The van der Waals surface area contributed by atoms with Crippen molar-refractivity contribution in [3.8, 4) is 0 Å². The van der Waals surface area contributed by atoms with Gasteiger partial charge in [0.05, 0.1) is 0 Å². The molecule has 1 saturated carbocycles. The van der Waals surface area contributed by atoms with E-state index in [1.54, 1.807) is 0 Å². The molecule has 22 heavy (non-hydrogen) atoms. The first-order chi connectivity index (χ1) is 9.67. The highest BCUT2D eigenvalue weighted by Gasteiger charge is 2.52. The van der Waals surface area contributed by atoms with Crippen LogP contribution in [-0.2, 0) is 28.6 Å². The summed E-state index contributed by atoms with van der Waals surface area (Å²) in [6.07, 6.45) is -4.45. The van der Waals surface area contributed by atoms with Gasteiger partial charge >= 0.3 is 31.3 Å². The molecule has 0 aliphatic heterocycles. The molecule has 14 heteroatoms. The minimum absolute atomic E-state index is 0.143. The molecular formula is C8H10F6O6S2. The maximum Gasteiger partial charge on any atom is 0.523 e. The van der Waals surface area contributed by atoms with E-state index in [4.69, 9.17) is 0 Å². The Balaban J connectivity index is 2.95. The lowest BCUT2D eigenvalue weighted by Crippen LogP contribution is -2.42. The molecule has 0 aromatic rings. The molecule has 1 aliphatic rings. The molecule has 0 amide bonds. The molecule has 0 unspecified atom stereocenters. The number of alkyl halides is 6. The monoisotopic (exact) mass is 380 g/mol. The summed E-state index contributed by atoms with van der Waals surface area (Å²) >= 11 is 0. The normalized spacial score (nSPS) is 25.2. The Bertz CT molecular complexity index is 538. The van der Waals surface area contributed by atoms with E-state index in [-0.39, 0.29) is 12.8 Å². The standard InChI is InChI=1S/C8H10F6O6S2/c9-7(10,11)21(15,16)19-5-3-1-2-4-6(5)20-22(17,18)8(12,13)14/h5-6H,1-4H2/t5-,6+. The Hall–Kier alpha value is -0.600. The second-order valence-corrected chi connectivity index (χ2v) is 7.48. The zero-order valence-electron chi connectivity index (χ0n) is 10.5. The lowest BCUT2D eigenvalue weighted by molar-refractivity contribution is -0.0747. The van der Waals surface area contributed by atoms with Gasteiger partial charge in [-0.15, -0.1) is 0 Å². The van der Waals surface area contributed by atoms with Crippen LogP contribution < -0.4 is 0 Å². The van der Waals surface area contributed by atoms with Crippen LogP contribution in [0.25, 0.3) is 0 Å². The fraction of sp³-hybridized carbons (Fsp3) is 1.00. The maximum atomic E-state index is 12.2. The van der Waals surface area contributed by atoms with Crippen LogP contribution >= 0.6 is 0 Å². The van der Waals surface area contributed by atoms with Crippen molar-refractivity contribution in [2.24, 2.45) is 0 Å². The highest BCUT2D eigenvalue weighted by Crippen LogP contribution is 2.34. The Morgan fingerprint density at radius 3 is 1.18 bits per heavy atom. The van der Waals surface area contributed by atoms with Crippen molar-refractivity contribution < 1.29 is 51.5 Å². The third kappa shape index (κ3) is 4.45. The quantitative estimate of drug-likeness (QED) is 0.421. The average molecular weight is 380 g/mol. The summed E-state index contributed by atoms with van der Waals surface area (Å²) in [4.78, 5) is 0. The first-order valence-corrected chi connectivity index (χ1v) is 8.48. The van der Waals surface area contributed by atoms with Crippen molar-refractivity contribution in [3.63, 3.8) is 0 Å². The molecular weight excluding hydrogens is 370 g/mol. The van der Waals surface area contributed by atoms with Gasteiger partial charge in [-0.05, 0) is 12.8 Å². The molecule has 0 aromatic carbocycles. The van der Waals surface area contributed by atoms with E-state index in [1.165, 1.54) is 0 Å². The molecule has 0 aromatic heterocycles. The van der Waals surface area contributed by atoms with Gasteiger partial charge in [-0.2, -0.15) is 43.2 Å². The molecule has 1 rings (SSSR count). The van der Waals surface area contributed by atoms with Crippen LogP contribution in [0.4, 0.5) is 26.3 Å². The largest absolute Gasteiger partial charge is 0.523 e. The van der Waals surface area contributed by atoms with Crippen LogP contribution in [0.2, 0.25) is 0 Å². The molecule has 132 valence electrons. The molecule has 0 N–H and O–H groups in total. The Morgan fingerprint density at radius 1 is 0.682 bits per heavy atom. The molecule has 1 fully saturated rings. The van der Waals surface area contributed by atoms with E-state index in [9.17, 15) is 43.2 Å². The first kappa shape index (κ1) is 19.4. The lowest BCUT2D eigenvalue weighted by Gasteiger charge is -2.30. The molecule has 0 saturated heterocycles. The SMILES string of the molecule is O=S(=O)(O[C@H]1CCCC[C@H]1OS(=O)(=O)C(F)(F)F)C(F)(F)F. The molecule has 0 heterocycles. The van der Waals surface area contributed by atoms with Gasteiger partial charge in [0.1, 0.15) is 12.2 Å². The van der Waals surface area contributed by atoms with Gasteiger partial charge in [0.15, 0.2) is 0 Å². The topological polar surface area (TPSA) is 86.7 Å². The minimum atomic E-state index is -6.08. The molecule has 0 radical (unpaired) electrons. The Morgan fingerprint density at radius 2 is 0.955 bits per heavy atom. The second-order valence-electron chi connectivity index (χ2n) is 4.35. The molecule has 0 spiro atoms. The summed E-state index contributed by atoms with van der Waals surface area (Å²) in [5, 5.41) is 0. The summed E-state index contributed by atoms with van der Waals surface area (Å²) in [5.41, 5.74) is -11.6. The fourth-order valence-electron chi connectivity index (χ4n) is 1.72. The highest BCUT2D eigenvalue weighted by atomic mass is 32.2. The lowest BCUT2D eigenvalue weighted by atomic mass is 9.95. The first-order valence-electron chi connectivity index (χ1n) is 5.66. The van der Waals surface area contributed by atoms with E-state index >= 15 is 0 Å². The zero-order valence-corrected chi connectivity index (χ0v) is 12.1. The number of rotatable bonds is 4. The third-order valence-electron chi connectivity index (χ3n) is 2.71. The minimum Gasteiger partial charge on any atom is -0.257 e. The number of hydrogen-bond acceptors (Lipinski definition) is 6. The summed E-state index contributed by atoms with van der Waals surface area (Å²) in [6, 6.07) is 0. The Kier molecular flexibility index (Phi) is 5.42. The number of halogens is 6. The van der Waals surface area contributed by atoms with Crippen LogP contribution in [0.3, 0.4) is 0 Å². The van der Waals surface area contributed by atoms with Crippen LogP contribution in [0, 0.1) is 0 Å². The van der Waals surface area contributed by atoms with E-state index < -0.39 is 56.3 Å². The average Bonchev–Trinajstić information content (AvgIpc) is 2.28. The van der Waals surface area contributed by atoms with E-state index in [0.29, 0.717) is 0 Å². The Labute approximate surface area is 121 Å². The number of hydrogen-bond donors (Lipinski definition) is 0. The van der Waals surface area contributed by atoms with Gasteiger partial charge in [-0.25, -0.2) is 0 Å². The van der Waals surface area contributed by atoms with Crippen molar-refractivity contribution in [3.05, 3.63) is 0 Å². The van der Waals surface area contributed by atoms with Crippen molar-refractivity contribution in [1.82, 2.24) is 0 Å². The van der Waals surface area contributed by atoms with Crippen molar-refractivity contribution in [1.29, 1.82) is 0 Å². The summed E-state index contributed by atoms with van der Waals surface area (Å²) < 4.78 is 124. The van der Waals surface area contributed by atoms with Crippen molar-refractivity contribution in [2.45, 2.75) is 48.9 Å². The van der Waals surface area contributed by atoms with Crippen LogP contribution in [0.15, 0.2) is 0 Å². The van der Waals surface area contributed by atoms with Gasteiger partial charge in [-0.3, -0.25) is 8.37 Å². The molecule has 6 nitrogen and oxygen atoms in total. The molecule has 1 aliphatic carbocycles. The predicted octanol–water partition coefficient (Wildman–Crippen LogP) is 2.03. The van der Waals surface area contributed by atoms with Crippen LogP contribution in [-0.4, -0.2) is 40.1 Å². The van der Waals surface area contributed by atoms with Gasteiger partial charge < -0.3 is 0 Å². The van der Waals surface area contributed by atoms with Gasteiger partial charge in [0.2, 0.25) is 0 Å². The van der Waals surface area contributed by atoms with E-state index in [1.807, 2.05) is 0 Å². The highest BCUT2D eigenvalue weighted by molar-refractivity contribution is 7.88. The van der Waals surface area contributed by atoms with Crippen LogP contribution in [0.5, 0.6) is 0 Å². The summed E-state index contributed by atoms with van der Waals surface area (Å²) in [5.74, 6) is 0. The maximum absolute atomic E-state index is 12.2. The van der Waals surface area contributed by atoms with Crippen LogP contribution in [0.1, 0.15) is 25.7 Å². The van der Waals surface area contributed by atoms with Gasteiger partial charge in [0.25, 0.3) is 0 Å². The third-order valence-corrected chi connectivity index (χ3v) is 4.84.